The maximum absolute atomic E-state index is 13.7. The lowest BCUT2D eigenvalue weighted by Gasteiger charge is -2.13. The fourth-order valence-electron chi connectivity index (χ4n) is 2.41. The molecule has 0 aliphatic rings. The fourth-order valence-corrected chi connectivity index (χ4v) is 2.41. The molecule has 7 heteroatoms. The molecule has 2 aromatic carbocycles. The first kappa shape index (κ1) is 16.8. The minimum Gasteiger partial charge on any atom is -0.386 e. The second-order valence-electron chi connectivity index (χ2n) is 5.44. The van der Waals surface area contributed by atoms with Crippen LogP contribution in [0.15, 0.2) is 53.1 Å². The maximum Gasteiger partial charge on any atom is 0.258 e. The minimum absolute atomic E-state index is 0.128. The van der Waals surface area contributed by atoms with Crippen LogP contribution >= 0.6 is 0 Å². The molecule has 1 heterocycles. The molecule has 3 rings (SSSR count). The smallest absolute Gasteiger partial charge is 0.258 e. The Bertz CT molecular complexity index is 895. The Kier molecular flexibility index (Phi) is 4.85. The second-order valence-corrected chi connectivity index (χ2v) is 5.44. The van der Waals surface area contributed by atoms with E-state index in [0.29, 0.717) is 17.0 Å². The third-order valence-electron chi connectivity index (χ3n) is 3.65. The van der Waals surface area contributed by atoms with E-state index in [1.165, 1.54) is 18.2 Å². The van der Waals surface area contributed by atoms with Crippen LogP contribution in [0.5, 0.6) is 0 Å². The summed E-state index contributed by atoms with van der Waals surface area (Å²) in [5.74, 6) is -0.258. The lowest BCUT2D eigenvalue weighted by molar-refractivity contribution is 0.0914. The summed E-state index contributed by atoms with van der Waals surface area (Å²) in [5.41, 5.74) is 0.941. The van der Waals surface area contributed by atoms with Crippen molar-refractivity contribution in [3.63, 3.8) is 0 Å². The van der Waals surface area contributed by atoms with Crippen LogP contribution in [0.25, 0.3) is 11.5 Å². The third kappa shape index (κ3) is 3.72. The van der Waals surface area contributed by atoms with Crippen molar-refractivity contribution < 1.29 is 18.8 Å². The molecule has 6 nitrogen and oxygen atoms in total. The summed E-state index contributed by atoms with van der Waals surface area (Å²) in [6.07, 6.45) is -1.15. The standard InChI is InChI=1S/C18H16FN3O3/c1-11-21-18(25-22-11)13-7-3-2-6-12(13)17(24)20-10-16(23)14-8-4-5-9-15(14)19/h2-9,16,23H,10H2,1H3,(H,20,24). The number of nitrogens with one attached hydrogen (secondary N) is 1. The van der Waals surface area contributed by atoms with E-state index >= 15 is 0 Å². The van der Waals surface area contributed by atoms with Crippen LogP contribution in [0.1, 0.15) is 27.8 Å². The fraction of sp³-hybridized carbons (Fsp3) is 0.167. The number of hydrogen-bond donors (Lipinski definition) is 2. The number of aliphatic hydroxyl groups is 1. The van der Waals surface area contributed by atoms with Crippen LogP contribution < -0.4 is 5.32 Å². The molecule has 0 saturated carbocycles. The van der Waals surface area contributed by atoms with Crippen molar-refractivity contribution in [2.45, 2.75) is 13.0 Å². The van der Waals surface area contributed by atoms with Gasteiger partial charge in [0.2, 0.25) is 0 Å². The van der Waals surface area contributed by atoms with Crippen LogP contribution in [0, 0.1) is 12.7 Å². The van der Waals surface area contributed by atoms with Gasteiger partial charge in [0.1, 0.15) is 5.82 Å². The summed E-state index contributed by atoms with van der Waals surface area (Å²) in [7, 11) is 0. The quantitative estimate of drug-likeness (QED) is 0.745. The Hall–Kier alpha value is -3.06. The Balaban J connectivity index is 1.75. The number of benzene rings is 2. The van der Waals surface area contributed by atoms with Gasteiger partial charge in [0.05, 0.1) is 17.2 Å². The van der Waals surface area contributed by atoms with E-state index in [9.17, 15) is 14.3 Å². The second kappa shape index (κ2) is 7.23. The van der Waals surface area contributed by atoms with Crippen molar-refractivity contribution in [3.8, 4) is 11.5 Å². The van der Waals surface area contributed by atoms with Crippen molar-refractivity contribution in [3.05, 3.63) is 71.3 Å². The van der Waals surface area contributed by atoms with E-state index < -0.39 is 17.8 Å². The van der Waals surface area contributed by atoms with Gasteiger partial charge < -0.3 is 14.9 Å². The first-order valence-electron chi connectivity index (χ1n) is 7.66. The lowest BCUT2D eigenvalue weighted by Crippen LogP contribution is -2.29. The van der Waals surface area contributed by atoms with E-state index in [2.05, 4.69) is 15.5 Å². The highest BCUT2D eigenvalue weighted by Crippen LogP contribution is 2.22. The SMILES string of the molecule is Cc1noc(-c2ccccc2C(=O)NCC(O)c2ccccc2F)n1. The van der Waals surface area contributed by atoms with Crippen LogP contribution in [-0.2, 0) is 0 Å². The van der Waals surface area contributed by atoms with Gasteiger partial charge in [-0.3, -0.25) is 4.79 Å². The molecule has 0 fully saturated rings. The predicted molar refractivity (Wildman–Crippen MR) is 88.2 cm³/mol. The number of aliphatic hydroxyl groups excluding tert-OH is 1. The highest BCUT2D eigenvalue weighted by Gasteiger charge is 2.18. The Morgan fingerprint density at radius 2 is 1.96 bits per heavy atom. The van der Waals surface area contributed by atoms with Crippen LogP contribution in [0.4, 0.5) is 4.39 Å². The largest absolute Gasteiger partial charge is 0.386 e. The summed E-state index contributed by atoms with van der Waals surface area (Å²) >= 11 is 0. The van der Waals surface area contributed by atoms with E-state index in [1.807, 2.05) is 0 Å². The Morgan fingerprint density at radius 3 is 2.68 bits per heavy atom. The number of rotatable bonds is 5. The van der Waals surface area contributed by atoms with Crippen molar-refractivity contribution in [1.82, 2.24) is 15.5 Å². The number of carbonyl (C=O) groups excluding carboxylic acids is 1. The predicted octanol–water partition coefficient (Wildman–Crippen LogP) is 2.65. The van der Waals surface area contributed by atoms with E-state index in [-0.39, 0.29) is 18.0 Å². The van der Waals surface area contributed by atoms with E-state index in [1.54, 1.807) is 37.3 Å². The van der Waals surface area contributed by atoms with Gasteiger partial charge in [-0.15, -0.1) is 0 Å². The first-order valence-corrected chi connectivity index (χ1v) is 7.66. The molecule has 25 heavy (non-hydrogen) atoms. The summed E-state index contributed by atoms with van der Waals surface area (Å²) in [4.78, 5) is 16.6. The Morgan fingerprint density at radius 1 is 1.24 bits per heavy atom. The van der Waals surface area contributed by atoms with Gasteiger partial charge in [-0.2, -0.15) is 4.98 Å². The van der Waals surface area contributed by atoms with Crippen LogP contribution in [-0.4, -0.2) is 27.7 Å². The van der Waals surface area contributed by atoms with Crippen molar-refractivity contribution in [2.75, 3.05) is 6.54 Å². The number of carbonyl (C=O) groups is 1. The molecule has 1 aromatic heterocycles. The summed E-state index contributed by atoms with van der Waals surface area (Å²) in [6, 6.07) is 12.6. The zero-order valence-electron chi connectivity index (χ0n) is 13.4. The van der Waals surface area contributed by atoms with Crippen molar-refractivity contribution in [2.24, 2.45) is 0 Å². The maximum atomic E-state index is 13.7. The average molecular weight is 341 g/mol. The highest BCUT2D eigenvalue weighted by molar-refractivity contribution is 5.99. The first-order chi connectivity index (χ1) is 12.1. The van der Waals surface area contributed by atoms with Crippen molar-refractivity contribution in [1.29, 1.82) is 0 Å². The number of nitrogens with zero attached hydrogens (tertiary/aromatic N) is 2. The molecule has 0 saturated heterocycles. The third-order valence-corrected chi connectivity index (χ3v) is 3.65. The topological polar surface area (TPSA) is 88.2 Å². The molecular weight excluding hydrogens is 325 g/mol. The van der Waals surface area contributed by atoms with Crippen LogP contribution in [0.2, 0.25) is 0 Å². The summed E-state index contributed by atoms with van der Waals surface area (Å²) in [5, 5.41) is 16.4. The van der Waals surface area contributed by atoms with Crippen molar-refractivity contribution >= 4 is 5.91 Å². The zero-order chi connectivity index (χ0) is 17.8. The monoisotopic (exact) mass is 341 g/mol. The number of aryl methyl sites for hydroxylation is 1. The molecule has 1 amide bonds. The molecule has 0 aliphatic carbocycles. The van der Waals surface area contributed by atoms with Gasteiger partial charge in [0.25, 0.3) is 11.8 Å². The van der Waals surface area contributed by atoms with Gasteiger partial charge in [0, 0.05) is 12.1 Å². The molecule has 3 aromatic rings. The minimum atomic E-state index is -1.15. The van der Waals surface area contributed by atoms with E-state index in [0.717, 1.165) is 0 Å². The van der Waals surface area contributed by atoms with Gasteiger partial charge >= 0.3 is 0 Å². The lowest BCUT2D eigenvalue weighted by atomic mass is 10.1. The number of aromatic nitrogens is 2. The zero-order valence-corrected chi connectivity index (χ0v) is 13.4. The molecule has 1 unspecified atom stereocenters. The number of hydrogen-bond acceptors (Lipinski definition) is 5. The summed E-state index contributed by atoms with van der Waals surface area (Å²) < 4.78 is 18.8. The molecule has 2 N–H and O–H groups in total. The molecule has 1 atom stereocenters. The number of halogens is 1. The molecule has 0 spiro atoms. The molecule has 128 valence electrons. The molecule has 0 bridgehead atoms. The summed E-state index contributed by atoms with van der Waals surface area (Å²) in [6.45, 7) is 1.55. The normalized spacial score (nSPS) is 12.0. The van der Waals surface area contributed by atoms with Gasteiger partial charge in [-0.05, 0) is 25.1 Å². The van der Waals surface area contributed by atoms with Gasteiger partial charge in [-0.1, -0.05) is 35.5 Å². The van der Waals surface area contributed by atoms with E-state index in [4.69, 9.17) is 4.52 Å². The average Bonchev–Trinajstić information content (AvgIpc) is 3.06. The van der Waals surface area contributed by atoms with Crippen LogP contribution in [0.3, 0.4) is 0 Å². The highest BCUT2D eigenvalue weighted by atomic mass is 19.1. The molecular formula is C18H16FN3O3. The van der Waals surface area contributed by atoms with Gasteiger partial charge in [0.15, 0.2) is 5.82 Å². The molecule has 0 radical (unpaired) electrons. The molecule has 0 aliphatic heterocycles. The number of amides is 1. The van der Waals surface area contributed by atoms with Gasteiger partial charge in [-0.25, -0.2) is 4.39 Å². The Labute approximate surface area is 143 Å².